The lowest BCUT2D eigenvalue weighted by Crippen LogP contribution is -2.79. The third-order valence-corrected chi connectivity index (χ3v) is 9.53. The first-order valence-corrected chi connectivity index (χ1v) is 11.4. The van der Waals surface area contributed by atoms with E-state index in [2.05, 4.69) is 11.0 Å². The molecule has 6 aliphatic rings. The van der Waals surface area contributed by atoms with Gasteiger partial charge < -0.3 is 14.6 Å². The number of rotatable bonds is 3. The molecule has 1 aromatic carbocycles. The van der Waals surface area contributed by atoms with Gasteiger partial charge in [0.2, 0.25) is 0 Å². The van der Waals surface area contributed by atoms with Crippen molar-refractivity contribution in [1.82, 2.24) is 4.90 Å². The van der Waals surface area contributed by atoms with Crippen LogP contribution in [0.25, 0.3) is 0 Å². The number of methoxy groups -OCH3 is 1. The Kier molecular flexibility index (Phi) is 3.06. The van der Waals surface area contributed by atoms with Gasteiger partial charge in [-0.1, -0.05) is 6.07 Å². The average molecular weight is 395 g/mol. The van der Waals surface area contributed by atoms with E-state index in [9.17, 15) is 9.90 Å². The Hall–Kier alpha value is -1.59. The average Bonchev–Trinajstić information content (AvgIpc) is 3.46. The van der Waals surface area contributed by atoms with Crippen LogP contribution in [0.15, 0.2) is 12.1 Å². The van der Waals surface area contributed by atoms with Crippen LogP contribution in [-0.2, 0) is 16.6 Å². The molecule has 1 aromatic rings. The maximum absolute atomic E-state index is 12.9. The number of hydrogen-bond acceptors (Lipinski definition) is 5. The molecule has 0 aromatic heterocycles. The van der Waals surface area contributed by atoms with Gasteiger partial charge >= 0.3 is 0 Å². The van der Waals surface area contributed by atoms with Gasteiger partial charge in [-0.2, -0.15) is 0 Å². The number of ether oxygens (including phenoxy) is 2. The predicted molar refractivity (Wildman–Crippen MR) is 106 cm³/mol. The fourth-order valence-corrected chi connectivity index (χ4v) is 7.85. The van der Waals surface area contributed by atoms with Gasteiger partial charge in [-0.3, -0.25) is 9.69 Å². The summed E-state index contributed by atoms with van der Waals surface area (Å²) in [6, 6.07) is 4.33. The Balaban J connectivity index is 1.46. The van der Waals surface area contributed by atoms with Crippen LogP contribution >= 0.6 is 0 Å². The summed E-state index contributed by atoms with van der Waals surface area (Å²) in [6.45, 7) is 2.10. The summed E-state index contributed by atoms with van der Waals surface area (Å²) in [4.78, 5) is 15.5. The van der Waals surface area contributed by atoms with E-state index in [0.29, 0.717) is 18.6 Å². The van der Waals surface area contributed by atoms with Gasteiger partial charge in [0.15, 0.2) is 11.5 Å². The lowest BCUT2D eigenvalue weighted by atomic mass is 9.41. The third kappa shape index (κ3) is 1.77. The normalized spacial score (nSPS) is 44.3. The Bertz CT molecular complexity index is 941. The van der Waals surface area contributed by atoms with E-state index in [1.165, 1.54) is 24.0 Å². The number of benzene rings is 1. The maximum Gasteiger partial charge on any atom is 0.165 e. The van der Waals surface area contributed by atoms with E-state index in [4.69, 9.17) is 9.47 Å². The Morgan fingerprint density at radius 2 is 2.10 bits per heavy atom. The van der Waals surface area contributed by atoms with Crippen molar-refractivity contribution in [1.29, 1.82) is 0 Å². The van der Waals surface area contributed by atoms with E-state index >= 15 is 0 Å². The highest BCUT2D eigenvalue weighted by Gasteiger charge is 2.78. The maximum atomic E-state index is 12.9. The van der Waals surface area contributed by atoms with Crippen LogP contribution in [0.1, 0.15) is 56.1 Å². The highest BCUT2D eigenvalue weighted by molar-refractivity contribution is 5.92. The number of aliphatic hydroxyl groups is 1. The van der Waals surface area contributed by atoms with E-state index in [1.807, 2.05) is 6.07 Å². The van der Waals surface area contributed by atoms with Gasteiger partial charge in [0.25, 0.3) is 0 Å². The quantitative estimate of drug-likeness (QED) is 0.853. The van der Waals surface area contributed by atoms with Crippen molar-refractivity contribution in [2.24, 2.45) is 11.3 Å². The van der Waals surface area contributed by atoms with Crippen LogP contribution in [0, 0.1) is 11.3 Å². The van der Waals surface area contributed by atoms with Crippen molar-refractivity contribution in [2.75, 3.05) is 20.2 Å². The topological polar surface area (TPSA) is 59.0 Å². The predicted octanol–water partition coefficient (Wildman–Crippen LogP) is 2.61. The molecule has 1 saturated heterocycles. The van der Waals surface area contributed by atoms with Gasteiger partial charge in [-0.15, -0.1) is 0 Å². The summed E-state index contributed by atoms with van der Waals surface area (Å²) in [5, 5.41) is 12.4. The second kappa shape index (κ2) is 5.17. The Labute approximate surface area is 171 Å². The first kappa shape index (κ1) is 17.1. The first-order valence-electron chi connectivity index (χ1n) is 11.4. The van der Waals surface area contributed by atoms with E-state index in [1.54, 1.807) is 7.11 Å². The number of Topliss-reactive ketones (excluding diaryl/α,β-unsaturated/α-hetero) is 1. The summed E-state index contributed by atoms with van der Waals surface area (Å²) in [5.41, 5.74) is 0.765. The summed E-state index contributed by atoms with van der Waals surface area (Å²) in [7, 11) is 1.68. The second-order valence-corrected chi connectivity index (χ2v) is 10.5. The van der Waals surface area contributed by atoms with E-state index in [-0.39, 0.29) is 12.1 Å². The zero-order valence-electron chi connectivity index (χ0n) is 17.1. The molecule has 2 heterocycles. The molecule has 2 aliphatic heterocycles. The summed E-state index contributed by atoms with van der Waals surface area (Å²) < 4.78 is 12.4. The standard InChI is InChI=1S/C24H29NO4/c1-28-16-5-4-15-12-17-24(27)9-8-22(7-6-18(22)26)21-23(24,19(15)20(16)29-21)10-11-25(17)13-14-2-3-14/h4-5,14,17,21,27H,2-3,6-13H2,1H3/t17-,21+,22+,23+,24-/m1/s1. The van der Waals surface area contributed by atoms with Crippen molar-refractivity contribution in [3.63, 3.8) is 0 Å². The Morgan fingerprint density at radius 3 is 2.79 bits per heavy atom. The van der Waals surface area contributed by atoms with Crippen molar-refractivity contribution in [3.8, 4) is 11.5 Å². The molecule has 29 heavy (non-hydrogen) atoms. The molecule has 0 radical (unpaired) electrons. The number of nitrogens with zero attached hydrogens (tertiary/aromatic N) is 1. The van der Waals surface area contributed by atoms with Crippen LogP contribution in [0.4, 0.5) is 0 Å². The molecular weight excluding hydrogens is 366 g/mol. The summed E-state index contributed by atoms with van der Waals surface area (Å²) in [5.74, 6) is 2.70. The van der Waals surface area contributed by atoms with Gasteiger partial charge in [-0.25, -0.2) is 0 Å². The minimum absolute atomic E-state index is 0.127. The Morgan fingerprint density at radius 1 is 1.24 bits per heavy atom. The van der Waals surface area contributed by atoms with Crippen molar-refractivity contribution in [3.05, 3.63) is 23.3 Å². The zero-order valence-corrected chi connectivity index (χ0v) is 17.1. The minimum atomic E-state index is -0.823. The third-order valence-electron chi connectivity index (χ3n) is 9.53. The molecule has 2 bridgehead atoms. The fraction of sp³-hybridized carbons (Fsp3) is 0.708. The highest BCUT2D eigenvalue weighted by atomic mass is 16.5. The highest BCUT2D eigenvalue weighted by Crippen LogP contribution is 2.71. The van der Waals surface area contributed by atoms with E-state index in [0.717, 1.165) is 56.2 Å². The number of carbonyl (C=O) groups excluding carboxylic acids is 1. The van der Waals surface area contributed by atoms with Gasteiger partial charge in [0, 0.05) is 24.6 Å². The number of carbonyl (C=O) groups is 1. The minimum Gasteiger partial charge on any atom is -0.493 e. The van der Waals surface area contributed by atoms with E-state index < -0.39 is 16.4 Å². The molecule has 4 aliphatic carbocycles. The molecule has 1 N–H and O–H groups in total. The molecule has 154 valence electrons. The molecule has 3 saturated carbocycles. The molecule has 7 rings (SSSR count). The van der Waals surface area contributed by atoms with Crippen LogP contribution < -0.4 is 9.47 Å². The largest absolute Gasteiger partial charge is 0.493 e. The molecule has 2 spiro atoms. The monoisotopic (exact) mass is 395 g/mol. The van der Waals surface area contributed by atoms with Crippen molar-refractivity contribution >= 4 is 5.78 Å². The van der Waals surface area contributed by atoms with Gasteiger partial charge in [0.05, 0.1) is 23.5 Å². The van der Waals surface area contributed by atoms with Crippen LogP contribution in [0.5, 0.6) is 11.5 Å². The number of hydrogen-bond donors (Lipinski definition) is 1. The number of piperidine rings is 1. The smallest absolute Gasteiger partial charge is 0.165 e. The summed E-state index contributed by atoms with van der Waals surface area (Å²) in [6.07, 6.45) is 7.18. The fourth-order valence-electron chi connectivity index (χ4n) is 7.85. The molecular formula is C24H29NO4. The summed E-state index contributed by atoms with van der Waals surface area (Å²) >= 11 is 0. The number of likely N-dealkylation sites (tertiary alicyclic amines) is 1. The van der Waals surface area contributed by atoms with Crippen molar-refractivity contribution < 1.29 is 19.4 Å². The number of fused-ring (bicyclic) bond motifs is 1. The number of ketones is 1. The molecule has 0 amide bonds. The first-order chi connectivity index (χ1) is 14.0. The lowest BCUT2D eigenvalue weighted by Gasteiger charge is -2.67. The molecule has 5 atom stereocenters. The SMILES string of the molecule is COc1ccc2c3c1O[C@H]1[C@@]4(CCC4=O)CC[C@@]4(O)[C@@H](C2)N(CC2CC2)CC[C@]314. The van der Waals surface area contributed by atoms with Gasteiger partial charge in [-0.05, 0) is 69.0 Å². The second-order valence-electron chi connectivity index (χ2n) is 10.5. The lowest BCUT2D eigenvalue weighted by molar-refractivity contribution is -0.224. The van der Waals surface area contributed by atoms with Crippen LogP contribution in [0.3, 0.4) is 0 Å². The zero-order chi connectivity index (χ0) is 19.6. The van der Waals surface area contributed by atoms with Crippen LogP contribution in [0.2, 0.25) is 0 Å². The van der Waals surface area contributed by atoms with Crippen molar-refractivity contribution in [2.45, 2.75) is 74.5 Å². The molecule has 5 nitrogen and oxygen atoms in total. The van der Waals surface area contributed by atoms with Gasteiger partial charge in [0.1, 0.15) is 11.9 Å². The molecule has 4 fully saturated rings. The van der Waals surface area contributed by atoms with Crippen LogP contribution in [-0.4, -0.2) is 53.7 Å². The molecule has 0 unspecified atom stereocenters. The molecule has 5 heteroatoms.